The molecule has 1 aliphatic rings. The Balaban J connectivity index is 2.55. The van der Waals surface area contributed by atoms with Gasteiger partial charge in [-0.25, -0.2) is 0 Å². The van der Waals surface area contributed by atoms with E-state index < -0.39 is 0 Å². The predicted octanol–water partition coefficient (Wildman–Crippen LogP) is 2.68. The maximum Gasteiger partial charge on any atom is -0.0153 e. The molecule has 1 aromatic carbocycles. The molecular formula is C11H15P. The Morgan fingerprint density at radius 2 is 1.75 bits per heavy atom. The Kier molecular flexibility index (Phi) is 1.96. The second-order valence-corrected chi connectivity index (χ2v) is 4.38. The topological polar surface area (TPSA) is 0 Å². The quantitative estimate of drug-likeness (QED) is 0.580. The SMILES string of the molecule is Cc1ccc(C)c(C2CC2)c1P. The molecule has 0 aliphatic heterocycles. The molecule has 0 heterocycles. The summed E-state index contributed by atoms with van der Waals surface area (Å²) in [5.41, 5.74) is 4.47. The van der Waals surface area contributed by atoms with Crippen LogP contribution in [0.5, 0.6) is 0 Å². The van der Waals surface area contributed by atoms with E-state index in [1.54, 1.807) is 5.56 Å². The van der Waals surface area contributed by atoms with Crippen molar-refractivity contribution in [2.75, 3.05) is 0 Å². The van der Waals surface area contributed by atoms with Gasteiger partial charge in [-0.15, -0.1) is 9.24 Å². The first kappa shape index (κ1) is 8.26. The molecule has 1 atom stereocenters. The van der Waals surface area contributed by atoms with E-state index in [0.29, 0.717) is 0 Å². The highest BCUT2D eigenvalue weighted by Gasteiger charge is 2.26. The van der Waals surface area contributed by atoms with Crippen LogP contribution in [0.4, 0.5) is 0 Å². The van der Waals surface area contributed by atoms with Gasteiger partial charge >= 0.3 is 0 Å². The maximum absolute atomic E-state index is 2.89. The van der Waals surface area contributed by atoms with E-state index in [2.05, 4.69) is 35.2 Å². The Labute approximate surface area is 76.6 Å². The molecule has 0 aromatic heterocycles. The molecular weight excluding hydrogens is 163 g/mol. The number of hydrogen-bond acceptors (Lipinski definition) is 0. The summed E-state index contributed by atoms with van der Waals surface area (Å²) < 4.78 is 0. The molecule has 0 N–H and O–H groups in total. The molecule has 0 bridgehead atoms. The Morgan fingerprint density at radius 1 is 1.17 bits per heavy atom. The minimum atomic E-state index is 0.873. The van der Waals surface area contributed by atoms with Crippen molar-refractivity contribution in [3.63, 3.8) is 0 Å². The first-order chi connectivity index (χ1) is 5.70. The van der Waals surface area contributed by atoms with Gasteiger partial charge in [0, 0.05) is 0 Å². The fraction of sp³-hybridized carbons (Fsp3) is 0.455. The van der Waals surface area contributed by atoms with Crippen molar-refractivity contribution in [3.05, 3.63) is 28.8 Å². The van der Waals surface area contributed by atoms with Crippen molar-refractivity contribution in [2.24, 2.45) is 0 Å². The Morgan fingerprint density at radius 3 is 2.33 bits per heavy atom. The molecule has 64 valence electrons. The summed E-state index contributed by atoms with van der Waals surface area (Å²) in [6.07, 6.45) is 2.79. The summed E-state index contributed by atoms with van der Waals surface area (Å²) in [6.45, 7) is 4.41. The van der Waals surface area contributed by atoms with Crippen LogP contribution in [-0.4, -0.2) is 0 Å². The largest absolute Gasteiger partial charge is 0.105 e. The lowest BCUT2D eigenvalue weighted by Gasteiger charge is -2.10. The van der Waals surface area contributed by atoms with Gasteiger partial charge in [-0.05, 0) is 54.6 Å². The lowest BCUT2D eigenvalue weighted by Crippen LogP contribution is -2.06. The molecule has 0 saturated heterocycles. The van der Waals surface area contributed by atoms with Crippen LogP contribution >= 0.6 is 9.24 Å². The molecule has 1 aromatic rings. The molecule has 0 radical (unpaired) electrons. The summed E-state index contributed by atoms with van der Waals surface area (Å²) in [7, 11) is 2.89. The van der Waals surface area contributed by atoms with Crippen LogP contribution in [0.25, 0.3) is 0 Å². The molecule has 12 heavy (non-hydrogen) atoms. The standard InChI is InChI=1S/C11H15P/c1-7-3-4-8(2)11(12)10(7)9-5-6-9/h3-4,9H,5-6,12H2,1-2H3. The van der Waals surface area contributed by atoms with E-state index in [-0.39, 0.29) is 0 Å². The number of hydrogen-bond donors (Lipinski definition) is 0. The number of aryl methyl sites for hydroxylation is 2. The van der Waals surface area contributed by atoms with Gasteiger partial charge in [0.2, 0.25) is 0 Å². The third kappa shape index (κ3) is 1.29. The van der Waals surface area contributed by atoms with E-state index in [1.165, 1.54) is 29.3 Å². The molecule has 1 aliphatic carbocycles. The molecule has 0 amide bonds. The van der Waals surface area contributed by atoms with E-state index in [4.69, 9.17) is 0 Å². The zero-order chi connectivity index (χ0) is 8.72. The lowest BCUT2D eigenvalue weighted by atomic mass is 10.0. The second-order valence-electron chi connectivity index (χ2n) is 3.80. The lowest BCUT2D eigenvalue weighted by molar-refractivity contribution is 1.11. The highest BCUT2D eigenvalue weighted by molar-refractivity contribution is 7.27. The van der Waals surface area contributed by atoms with Crippen LogP contribution in [0.3, 0.4) is 0 Å². The van der Waals surface area contributed by atoms with Gasteiger partial charge in [0.25, 0.3) is 0 Å². The van der Waals surface area contributed by atoms with E-state index in [0.717, 1.165) is 5.92 Å². The van der Waals surface area contributed by atoms with Crippen molar-refractivity contribution >= 4 is 14.5 Å². The molecule has 1 unspecified atom stereocenters. The van der Waals surface area contributed by atoms with Gasteiger partial charge in [0.05, 0.1) is 0 Å². The molecule has 1 saturated carbocycles. The third-order valence-electron chi connectivity index (χ3n) is 2.71. The predicted molar refractivity (Wildman–Crippen MR) is 57.2 cm³/mol. The van der Waals surface area contributed by atoms with Gasteiger partial charge in [0.15, 0.2) is 0 Å². The summed E-state index contributed by atoms with van der Waals surface area (Å²) in [5, 5.41) is 1.44. The van der Waals surface area contributed by atoms with Crippen LogP contribution in [0.15, 0.2) is 12.1 Å². The van der Waals surface area contributed by atoms with Crippen LogP contribution in [0.2, 0.25) is 0 Å². The van der Waals surface area contributed by atoms with Gasteiger partial charge < -0.3 is 0 Å². The zero-order valence-electron chi connectivity index (χ0n) is 7.72. The van der Waals surface area contributed by atoms with Crippen molar-refractivity contribution in [3.8, 4) is 0 Å². The monoisotopic (exact) mass is 178 g/mol. The molecule has 1 heteroatoms. The van der Waals surface area contributed by atoms with Crippen LogP contribution in [-0.2, 0) is 0 Å². The summed E-state index contributed by atoms with van der Waals surface area (Å²) in [4.78, 5) is 0. The van der Waals surface area contributed by atoms with Crippen molar-refractivity contribution in [2.45, 2.75) is 32.6 Å². The van der Waals surface area contributed by atoms with Gasteiger partial charge in [0.1, 0.15) is 0 Å². The van der Waals surface area contributed by atoms with Crippen molar-refractivity contribution < 1.29 is 0 Å². The van der Waals surface area contributed by atoms with Crippen LogP contribution in [0.1, 0.15) is 35.4 Å². The number of rotatable bonds is 1. The fourth-order valence-electron chi connectivity index (χ4n) is 1.77. The van der Waals surface area contributed by atoms with Gasteiger partial charge in [-0.1, -0.05) is 12.1 Å². The third-order valence-corrected chi connectivity index (χ3v) is 3.48. The fourth-order valence-corrected chi connectivity index (χ4v) is 2.33. The maximum atomic E-state index is 2.89. The zero-order valence-corrected chi connectivity index (χ0v) is 8.88. The van der Waals surface area contributed by atoms with Crippen LogP contribution < -0.4 is 5.30 Å². The van der Waals surface area contributed by atoms with Gasteiger partial charge in [-0.3, -0.25) is 0 Å². The van der Waals surface area contributed by atoms with E-state index in [9.17, 15) is 0 Å². The first-order valence-electron chi connectivity index (χ1n) is 4.55. The first-order valence-corrected chi connectivity index (χ1v) is 5.13. The minimum absolute atomic E-state index is 0.873. The molecule has 0 nitrogen and oxygen atoms in total. The Bertz CT molecular complexity index is 311. The van der Waals surface area contributed by atoms with Crippen molar-refractivity contribution in [1.82, 2.24) is 0 Å². The minimum Gasteiger partial charge on any atom is -0.105 e. The second kappa shape index (κ2) is 2.85. The highest BCUT2D eigenvalue weighted by Crippen LogP contribution is 2.41. The summed E-state index contributed by atoms with van der Waals surface area (Å²) in [6, 6.07) is 4.46. The molecule has 2 rings (SSSR count). The van der Waals surface area contributed by atoms with Crippen molar-refractivity contribution in [1.29, 1.82) is 0 Å². The number of benzene rings is 1. The van der Waals surface area contributed by atoms with Crippen LogP contribution in [0, 0.1) is 13.8 Å². The van der Waals surface area contributed by atoms with Gasteiger partial charge in [-0.2, -0.15) is 0 Å². The van der Waals surface area contributed by atoms with E-state index >= 15 is 0 Å². The summed E-state index contributed by atoms with van der Waals surface area (Å²) >= 11 is 0. The molecule has 0 spiro atoms. The normalized spacial score (nSPS) is 16.6. The molecule has 1 fully saturated rings. The summed E-state index contributed by atoms with van der Waals surface area (Å²) in [5.74, 6) is 0.873. The average Bonchev–Trinajstić information content (AvgIpc) is 2.81. The smallest absolute Gasteiger partial charge is 0.0153 e. The van der Waals surface area contributed by atoms with E-state index in [1.807, 2.05) is 0 Å². The average molecular weight is 178 g/mol. The highest BCUT2D eigenvalue weighted by atomic mass is 31.0. The Hall–Kier alpha value is -0.350.